The number of hydroxylamine groups is 2. The van der Waals surface area contributed by atoms with Gasteiger partial charge in [0.25, 0.3) is 5.91 Å². The molecular formula is C21H27N3O6. The third-order valence-electron chi connectivity index (χ3n) is 6.20. The number of hydrogen-bond donors (Lipinski definition) is 1. The number of rotatable bonds is 6. The summed E-state index contributed by atoms with van der Waals surface area (Å²) in [6, 6.07) is 4.49. The fourth-order valence-corrected chi connectivity index (χ4v) is 4.85. The quantitative estimate of drug-likeness (QED) is 0.692. The van der Waals surface area contributed by atoms with Gasteiger partial charge in [-0.2, -0.15) is 5.06 Å². The van der Waals surface area contributed by atoms with Gasteiger partial charge in [-0.25, -0.2) is 0 Å². The Morgan fingerprint density at radius 1 is 1.07 bits per heavy atom. The average Bonchev–Trinajstić information content (AvgIpc) is 3.22. The maximum absolute atomic E-state index is 13.4. The summed E-state index contributed by atoms with van der Waals surface area (Å²) in [5.74, 6) is -0.880. The van der Waals surface area contributed by atoms with Crippen LogP contribution in [0, 0.1) is 5.92 Å². The van der Waals surface area contributed by atoms with Crippen LogP contribution in [0.25, 0.3) is 0 Å². The van der Waals surface area contributed by atoms with Crippen LogP contribution in [0.4, 0.5) is 0 Å². The Morgan fingerprint density at radius 3 is 2.27 bits per heavy atom. The molecule has 3 unspecified atom stereocenters. The topological polar surface area (TPSA) is 111 Å². The Kier molecular flexibility index (Phi) is 5.66. The largest absolute Gasteiger partial charge is 0.497 e. The van der Waals surface area contributed by atoms with E-state index in [4.69, 9.17) is 20.0 Å². The predicted octanol–water partition coefficient (Wildman–Crippen LogP) is 1.16. The van der Waals surface area contributed by atoms with E-state index in [9.17, 15) is 14.4 Å². The number of nitrogens with two attached hydrogens (primary N) is 1. The van der Waals surface area contributed by atoms with Crippen LogP contribution in [0.1, 0.15) is 43.7 Å². The molecule has 1 aromatic carbocycles. The van der Waals surface area contributed by atoms with Gasteiger partial charge in [-0.1, -0.05) is 19.3 Å². The molecule has 0 bridgehead atoms. The summed E-state index contributed by atoms with van der Waals surface area (Å²) < 4.78 is 10.7. The lowest BCUT2D eigenvalue weighted by Crippen LogP contribution is -2.45. The molecule has 9 heteroatoms. The smallest absolute Gasteiger partial charge is 0.261 e. The minimum absolute atomic E-state index is 0.0852. The van der Waals surface area contributed by atoms with Crippen molar-refractivity contribution in [2.24, 2.45) is 11.7 Å². The number of nitrogens with zero attached hydrogens (tertiary/aromatic N) is 2. The number of carbonyl (C=O) groups is 3. The fourth-order valence-electron chi connectivity index (χ4n) is 4.85. The van der Waals surface area contributed by atoms with Gasteiger partial charge in [-0.05, 0) is 30.5 Å². The standard InChI is InChI=1S/C21H27N3O6/c1-28-14-8-12(9-15(10-14)29-2)18-17-19(30-23(18)11-16(22)25)21(27)24(20(17)26)13-6-4-3-5-7-13/h8-10,13,17-19H,3-7,11H2,1-2H3,(H2,22,25). The molecule has 0 spiro atoms. The van der Waals surface area contributed by atoms with Crippen LogP contribution in [-0.2, 0) is 19.2 Å². The third kappa shape index (κ3) is 3.52. The number of hydrogen-bond acceptors (Lipinski definition) is 7. The summed E-state index contributed by atoms with van der Waals surface area (Å²) in [6.07, 6.45) is 3.80. The predicted molar refractivity (Wildman–Crippen MR) is 105 cm³/mol. The third-order valence-corrected chi connectivity index (χ3v) is 6.20. The van der Waals surface area contributed by atoms with E-state index in [1.807, 2.05) is 0 Å². The lowest BCUT2D eigenvalue weighted by molar-refractivity contribution is -0.183. The van der Waals surface area contributed by atoms with Crippen molar-refractivity contribution in [2.75, 3.05) is 20.8 Å². The molecular weight excluding hydrogens is 390 g/mol. The van der Waals surface area contributed by atoms with Crippen molar-refractivity contribution in [1.82, 2.24) is 9.96 Å². The molecule has 9 nitrogen and oxygen atoms in total. The van der Waals surface area contributed by atoms with Crippen molar-refractivity contribution in [3.8, 4) is 11.5 Å². The molecule has 1 saturated carbocycles. The van der Waals surface area contributed by atoms with E-state index in [0.29, 0.717) is 17.1 Å². The molecule has 1 aromatic rings. The first-order valence-corrected chi connectivity index (χ1v) is 10.3. The molecule has 3 fully saturated rings. The summed E-state index contributed by atoms with van der Waals surface area (Å²) in [7, 11) is 3.06. The zero-order chi connectivity index (χ0) is 21.4. The molecule has 1 aliphatic carbocycles. The Labute approximate surface area is 175 Å². The highest BCUT2D eigenvalue weighted by atomic mass is 16.7. The van der Waals surface area contributed by atoms with E-state index in [1.54, 1.807) is 18.2 Å². The summed E-state index contributed by atoms with van der Waals surface area (Å²) in [6.45, 7) is -0.235. The number of fused-ring (bicyclic) bond motifs is 1. The van der Waals surface area contributed by atoms with Gasteiger partial charge >= 0.3 is 0 Å². The highest BCUT2D eigenvalue weighted by Crippen LogP contribution is 2.47. The lowest BCUT2D eigenvalue weighted by Gasteiger charge is -2.32. The van der Waals surface area contributed by atoms with Crippen molar-refractivity contribution >= 4 is 17.7 Å². The zero-order valence-corrected chi connectivity index (χ0v) is 17.2. The van der Waals surface area contributed by atoms with Crippen molar-refractivity contribution in [2.45, 2.75) is 50.3 Å². The SMILES string of the molecule is COc1cc(OC)cc(C2C3C(=O)N(C4CCCCC4)C(=O)C3ON2CC(N)=O)c1. The number of carbonyl (C=O) groups excluding carboxylic acids is 3. The van der Waals surface area contributed by atoms with E-state index in [1.165, 1.54) is 24.2 Å². The van der Waals surface area contributed by atoms with Gasteiger partial charge < -0.3 is 15.2 Å². The van der Waals surface area contributed by atoms with E-state index in [0.717, 1.165) is 32.1 Å². The van der Waals surface area contributed by atoms with Crippen LogP contribution in [-0.4, -0.2) is 60.6 Å². The van der Waals surface area contributed by atoms with Gasteiger partial charge in [0.2, 0.25) is 11.8 Å². The van der Waals surface area contributed by atoms with Crippen molar-refractivity contribution < 1.29 is 28.7 Å². The summed E-state index contributed by atoms with van der Waals surface area (Å²) in [4.78, 5) is 45.5. The van der Waals surface area contributed by atoms with E-state index in [-0.39, 0.29) is 24.4 Å². The average molecular weight is 417 g/mol. The Bertz CT molecular complexity index is 831. The molecule has 2 aliphatic heterocycles. The first-order valence-electron chi connectivity index (χ1n) is 10.3. The first kappa shape index (κ1) is 20.6. The molecule has 2 heterocycles. The minimum Gasteiger partial charge on any atom is -0.497 e. The number of benzene rings is 1. The van der Waals surface area contributed by atoms with Crippen LogP contribution < -0.4 is 15.2 Å². The molecule has 162 valence electrons. The second-order valence-corrected chi connectivity index (χ2v) is 8.02. The van der Waals surface area contributed by atoms with E-state index in [2.05, 4.69) is 0 Å². The van der Waals surface area contributed by atoms with Crippen LogP contribution in [0.3, 0.4) is 0 Å². The highest BCUT2D eigenvalue weighted by molar-refractivity contribution is 6.07. The second-order valence-electron chi connectivity index (χ2n) is 8.02. The highest BCUT2D eigenvalue weighted by Gasteiger charge is 2.61. The first-order chi connectivity index (χ1) is 14.4. The number of likely N-dealkylation sites (tertiary alicyclic amines) is 1. The molecule has 3 aliphatic rings. The molecule has 2 N–H and O–H groups in total. The normalized spacial score (nSPS) is 27.4. The van der Waals surface area contributed by atoms with Gasteiger partial charge in [0, 0.05) is 12.1 Å². The van der Waals surface area contributed by atoms with Gasteiger partial charge in [0.05, 0.1) is 26.2 Å². The van der Waals surface area contributed by atoms with E-state index < -0.39 is 24.0 Å². The Balaban J connectivity index is 1.72. The van der Waals surface area contributed by atoms with Crippen LogP contribution in [0.15, 0.2) is 18.2 Å². The number of methoxy groups -OCH3 is 2. The fraction of sp³-hybridized carbons (Fsp3) is 0.571. The molecule has 0 aromatic heterocycles. The summed E-state index contributed by atoms with van der Waals surface area (Å²) in [5.41, 5.74) is 6.06. The van der Waals surface area contributed by atoms with Crippen LogP contribution in [0.2, 0.25) is 0 Å². The maximum Gasteiger partial charge on any atom is 0.261 e. The molecule has 30 heavy (non-hydrogen) atoms. The maximum atomic E-state index is 13.4. The van der Waals surface area contributed by atoms with Gasteiger partial charge in [-0.3, -0.25) is 24.1 Å². The molecule has 0 radical (unpaired) electrons. The zero-order valence-electron chi connectivity index (χ0n) is 17.2. The van der Waals surface area contributed by atoms with Gasteiger partial charge in [-0.15, -0.1) is 0 Å². The van der Waals surface area contributed by atoms with Crippen molar-refractivity contribution in [3.05, 3.63) is 23.8 Å². The minimum atomic E-state index is -0.957. The molecule has 4 rings (SSSR count). The summed E-state index contributed by atoms with van der Waals surface area (Å²) >= 11 is 0. The molecule has 3 amide bonds. The number of imide groups is 1. The Hall–Kier alpha value is -2.65. The van der Waals surface area contributed by atoms with Crippen LogP contribution >= 0.6 is 0 Å². The van der Waals surface area contributed by atoms with Gasteiger partial charge in [0.1, 0.15) is 18.0 Å². The van der Waals surface area contributed by atoms with E-state index >= 15 is 0 Å². The number of ether oxygens (including phenoxy) is 2. The lowest BCUT2D eigenvalue weighted by atomic mass is 9.90. The monoisotopic (exact) mass is 417 g/mol. The number of amides is 3. The Morgan fingerprint density at radius 2 is 1.70 bits per heavy atom. The molecule has 2 saturated heterocycles. The van der Waals surface area contributed by atoms with Crippen LogP contribution in [0.5, 0.6) is 11.5 Å². The number of primary amides is 1. The van der Waals surface area contributed by atoms with Crippen molar-refractivity contribution in [1.29, 1.82) is 0 Å². The van der Waals surface area contributed by atoms with Crippen molar-refractivity contribution in [3.63, 3.8) is 0 Å². The van der Waals surface area contributed by atoms with Gasteiger partial charge in [0.15, 0.2) is 6.10 Å². The molecule has 3 atom stereocenters. The summed E-state index contributed by atoms with van der Waals surface area (Å²) in [5, 5.41) is 1.35. The second kappa shape index (κ2) is 8.23.